The normalized spacial score (nSPS) is 14.1. The summed E-state index contributed by atoms with van der Waals surface area (Å²) in [6, 6.07) is 0.624. The van der Waals surface area contributed by atoms with E-state index in [2.05, 4.69) is 0 Å². The summed E-state index contributed by atoms with van der Waals surface area (Å²) >= 11 is 0. The van der Waals surface area contributed by atoms with Gasteiger partial charge in [0.05, 0.1) is 4.90 Å². The molecule has 0 fully saturated rings. The van der Waals surface area contributed by atoms with Crippen LogP contribution in [0.2, 0.25) is 0 Å². The van der Waals surface area contributed by atoms with Crippen molar-refractivity contribution in [3.63, 3.8) is 0 Å². The molecule has 0 aliphatic rings. The highest BCUT2D eigenvalue weighted by Crippen LogP contribution is 2.22. The molecule has 0 saturated carbocycles. The highest BCUT2D eigenvalue weighted by Gasteiger charge is 2.35. The van der Waals surface area contributed by atoms with Crippen molar-refractivity contribution in [1.82, 2.24) is 4.72 Å². The van der Waals surface area contributed by atoms with E-state index < -0.39 is 44.0 Å². The number of hydrogen-bond acceptors (Lipinski definition) is 3. The van der Waals surface area contributed by atoms with Gasteiger partial charge in [0.25, 0.3) is 0 Å². The molecule has 0 amide bonds. The largest absolute Gasteiger partial charge is 0.480 e. The van der Waals surface area contributed by atoms with Crippen molar-refractivity contribution in [3.8, 4) is 0 Å². The van der Waals surface area contributed by atoms with Crippen LogP contribution in [0.3, 0.4) is 0 Å². The minimum absolute atomic E-state index is 0.499. The SMILES string of the molecule is CC(C)(C)C(NS(=O)(=O)c1ccc(F)c(F)c1)C(=O)O. The van der Waals surface area contributed by atoms with Gasteiger partial charge in [-0.05, 0) is 23.6 Å². The summed E-state index contributed by atoms with van der Waals surface area (Å²) in [5, 5.41) is 9.06. The molecular weight excluding hydrogens is 292 g/mol. The number of hydrogen-bond donors (Lipinski definition) is 2. The molecular formula is C12H15F2NO4S. The van der Waals surface area contributed by atoms with Gasteiger partial charge in [-0.2, -0.15) is 4.72 Å². The standard InChI is InChI=1S/C12H15F2NO4S/c1-12(2,3)10(11(16)17)15-20(18,19)7-4-5-8(13)9(14)6-7/h4-6,10,15H,1-3H3,(H,16,17). The first-order chi connectivity index (χ1) is 8.95. The van der Waals surface area contributed by atoms with Gasteiger partial charge >= 0.3 is 5.97 Å². The Morgan fingerprint density at radius 2 is 1.80 bits per heavy atom. The third kappa shape index (κ3) is 3.73. The smallest absolute Gasteiger partial charge is 0.322 e. The van der Waals surface area contributed by atoms with Crippen LogP contribution < -0.4 is 4.72 Å². The molecule has 112 valence electrons. The summed E-state index contributed by atoms with van der Waals surface area (Å²) < 4.78 is 51.8. The van der Waals surface area contributed by atoms with Crippen LogP contribution >= 0.6 is 0 Å². The van der Waals surface area contributed by atoms with Gasteiger partial charge in [0.2, 0.25) is 10.0 Å². The molecule has 0 bridgehead atoms. The van der Waals surface area contributed by atoms with Crippen LogP contribution in [0.4, 0.5) is 8.78 Å². The Bertz CT molecular complexity index is 623. The molecule has 0 radical (unpaired) electrons. The Hall–Kier alpha value is -1.54. The van der Waals surface area contributed by atoms with Gasteiger partial charge in [-0.25, -0.2) is 17.2 Å². The number of carboxylic acids is 1. The van der Waals surface area contributed by atoms with E-state index in [0.717, 1.165) is 6.07 Å². The van der Waals surface area contributed by atoms with E-state index in [9.17, 15) is 22.0 Å². The minimum atomic E-state index is -4.26. The van der Waals surface area contributed by atoms with Gasteiger partial charge < -0.3 is 5.11 Å². The average Bonchev–Trinajstić information content (AvgIpc) is 2.27. The van der Waals surface area contributed by atoms with Crippen molar-refractivity contribution in [3.05, 3.63) is 29.8 Å². The lowest BCUT2D eigenvalue weighted by Crippen LogP contribution is -2.48. The number of halogens is 2. The van der Waals surface area contributed by atoms with E-state index in [-0.39, 0.29) is 0 Å². The summed E-state index contributed by atoms with van der Waals surface area (Å²) in [6.45, 7) is 4.62. The van der Waals surface area contributed by atoms with Gasteiger partial charge in [-0.1, -0.05) is 20.8 Å². The molecule has 1 unspecified atom stereocenters. The summed E-state index contributed by atoms with van der Waals surface area (Å²) in [7, 11) is -4.26. The summed E-state index contributed by atoms with van der Waals surface area (Å²) in [6.07, 6.45) is 0. The van der Waals surface area contributed by atoms with Crippen LogP contribution in [0.5, 0.6) is 0 Å². The molecule has 1 aromatic carbocycles. The third-order valence-corrected chi connectivity index (χ3v) is 4.01. The molecule has 0 saturated heterocycles. The monoisotopic (exact) mass is 307 g/mol. The second kappa shape index (κ2) is 5.45. The molecule has 1 aromatic rings. The second-order valence-corrected chi connectivity index (χ2v) is 7.05. The summed E-state index contributed by atoms with van der Waals surface area (Å²) in [5.41, 5.74) is -0.891. The lowest BCUT2D eigenvalue weighted by atomic mass is 9.88. The maximum atomic E-state index is 13.1. The van der Waals surface area contributed by atoms with Crippen molar-refractivity contribution < 1.29 is 27.1 Å². The molecule has 0 heterocycles. The Kier molecular flexibility index (Phi) is 4.50. The second-order valence-electron chi connectivity index (χ2n) is 5.33. The fourth-order valence-electron chi connectivity index (χ4n) is 1.46. The molecule has 0 aliphatic carbocycles. The Morgan fingerprint density at radius 1 is 1.25 bits per heavy atom. The van der Waals surface area contributed by atoms with Gasteiger partial charge in [-0.15, -0.1) is 0 Å². The first-order valence-corrected chi connectivity index (χ1v) is 7.13. The van der Waals surface area contributed by atoms with Crippen molar-refractivity contribution in [2.45, 2.75) is 31.7 Å². The topological polar surface area (TPSA) is 83.5 Å². The number of benzene rings is 1. The van der Waals surface area contributed by atoms with Crippen molar-refractivity contribution in [2.24, 2.45) is 5.41 Å². The Morgan fingerprint density at radius 3 is 2.20 bits per heavy atom. The number of rotatable bonds is 4. The van der Waals surface area contributed by atoms with Crippen LogP contribution in [-0.4, -0.2) is 25.5 Å². The molecule has 1 atom stereocenters. The molecule has 0 spiro atoms. The first-order valence-electron chi connectivity index (χ1n) is 5.65. The van der Waals surface area contributed by atoms with Crippen LogP contribution in [0.1, 0.15) is 20.8 Å². The van der Waals surface area contributed by atoms with Crippen LogP contribution in [0.15, 0.2) is 23.1 Å². The van der Waals surface area contributed by atoms with Crippen LogP contribution in [0.25, 0.3) is 0 Å². The van der Waals surface area contributed by atoms with Crippen molar-refractivity contribution in [1.29, 1.82) is 0 Å². The van der Waals surface area contributed by atoms with E-state index in [1.807, 2.05) is 4.72 Å². The fraction of sp³-hybridized carbons (Fsp3) is 0.417. The molecule has 2 N–H and O–H groups in total. The fourth-order valence-corrected chi connectivity index (χ4v) is 2.87. The van der Waals surface area contributed by atoms with E-state index in [4.69, 9.17) is 5.11 Å². The third-order valence-electron chi connectivity index (χ3n) is 2.59. The van der Waals surface area contributed by atoms with Crippen LogP contribution in [0, 0.1) is 17.0 Å². The van der Waals surface area contributed by atoms with Crippen molar-refractivity contribution >= 4 is 16.0 Å². The highest BCUT2D eigenvalue weighted by atomic mass is 32.2. The van der Waals surface area contributed by atoms with Gasteiger partial charge in [-0.3, -0.25) is 4.79 Å². The Balaban J connectivity index is 3.16. The van der Waals surface area contributed by atoms with E-state index in [1.165, 1.54) is 0 Å². The zero-order chi connectivity index (χ0) is 15.7. The molecule has 5 nitrogen and oxygen atoms in total. The predicted molar refractivity (Wildman–Crippen MR) is 67.6 cm³/mol. The average molecular weight is 307 g/mol. The van der Waals surface area contributed by atoms with Crippen LogP contribution in [-0.2, 0) is 14.8 Å². The van der Waals surface area contributed by atoms with Gasteiger partial charge in [0.1, 0.15) is 6.04 Å². The molecule has 8 heteroatoms. The molecule has 1 rings (SSSR count). The maximum Gasteiger partial charge on any atom is 0.322 e. The van der Waals surface area contributed by atoms with Gasteiger partial charge in [0, 0.05) is 0 Å². The quantitative estimate of drug-likeness (QED) is 0.887. The Labute approximate surface area is 115 Å². The molecule has 0 aromatic heterocycles. The number of nitrogens with one attached hydrogen (secondary N) is 1. The predicted octanol–water partition coefficient (Wildman–Crippen LogP) is 1.74. The number of carboxylic acid groups (broad SMARTS) is 1. The summed E-state index contributed by atoms with van der Waals surface area (Å²) in [5.74, 6) is -3.87. The highest BCUT2D eigenvalue weighted by molar-refractivity contribution is 7.89. The molecule has 20 heavy (non-hydrogen) atoms. The van der Waals surface area contributed by atoms with Crippen molar-refractivity contribution in [2.75, 3.05) is 0 Å². The number of carbonyl (C=O) groups is 1. The molecule has 0 aliphatic heterocycles. The number of aliphatic carboxylic acids is 1. The minimum Gasteiger partial charge on any atom is -0.480 e. The van der Waals surface area contributed by atoms with Gasteiger partial charge in [0.15, 0.2) is 11.6 Å². The zero-order valence-corrected chi connectivity index (χ0v) is 12.0. The lowest BCUT2D eigenvalue weighted by molar-refractivity contribution is -0.141. The first kappa shape index (κ1) is 16.5. The lowest BCUT2D eigenvalue weighted by Gasteiger charge is -2.27. The number of sulfonamides is 1. The zero-order valence-electron chi connectivity index (χ0n) is 11.1. The van der Waals surface area contributed by atoms with E-state index in [1.54, 1.807) is 20.8 Å². The summed E-state index contributed by atoms with van der Waals surface area (Å²) in [4.78, 5) is 10.6. The van der Waals surface area contributed by atoms with E-state index in [0.29, 0.717) is 12.1 Å². The van der Waals surface area contributed by atoms with E-state index >= 15 is 0 Å². The maximum absolute atomic E-state index is 13.1.